The number of halogens is 1. The Kier molecular flexibility index (Phi) is 3.45. The number of H-pyrrole nitrogens is 1. The Morgan fingerprint density at radius 3 is 2.84 bits per heavy atom. The number of hydrogen-bond acceptors (Lipinski definition) is 2. The van der Waals surface area contributed by atoms with Gasteiger partial charge in [-0.05, 0) is 38.2 Å². The minimum absolute atomic E-state index is 0.0832. The predicted octanol–water partition coefficient (Wildman–Crippen LogP) is 2.61. The number of carbonyl (C=O) groups is 1. The van der Waals surface area contributed by atoms with E-state index in [4.69, 9.17) is 12.2 Å². The van der Waals surface area contributed by atoms with E-state index < -0.39 is 5.41 Å². The van der Waals surface area contributed by atoms with Crippen molar-refractivity contribution in [2.75, 3.05) is 7.05 Å². The number of para-hydroxylation sites is 1. The average Bonchev–Trinajstić information content (AvgIpc) is 2.67. The molecule has 1 aromatic heterocycles. The Bertz CT molecular complexity index is 687. The molecule has 2 rings (SSSR count). The first kappa shape index (κ1) is 13.7. The monoisotopic (exact) mass is 281 g/mol. The van der Waals surface area contributed by atoms with Crippen molar-refractivity contribution in [2.24, 2.45) is 5.41 Å². The van der Waals surface area contributed by atoms with Crippen molar-refractivity contribution in [3.05, 3.63) is 28.8 Å². The summed E-state index contributed by atoms with van der Waals surface area (Å²) in [5.41, 5.74) is 0.413. The fraction of sp³-hybridized carbons (Fsp3) is 0.385. The Morgan fingerprint density at radius 2 is 2.21 bits per heavy atom. The number of carbonyl (C=O) groups excluding carboxylic acids is 1. The second-order valence-electron chi connectivity index (χ2n) is 5.11. The number of amides is 1. The van der Waals surface area contributed by atoms with Gasteiger partial charge in [-0.1, -0.05) is 6.07 Å². The zero-order chi connectivity index (χ0) is 14.2. The smallest absolute Gasteiger partial charge is 0.227 e. The Balaban J connectivity index is 2.52. The van der Waals surface area contributed by atoms with Gasteiger partial charge in [-0.25, -0.2) is 4.39 Å². The number of nitrogens with zero attached hydrogens (tertiary/aromatic N) is 1. The molecule has 0 fully saturated rings. The Hall–Kier alpha value is -1.69. The van der Waals surface area contributed by atoms with Gasteiger partial charge in [0.2, 0.25) is 5.91 Å². The predicted molar refractivity (Wildman–Crippen MR) is 74.9 cm³/mol. The molecule has 0 saturated carbocycles. The molecule has 2 aromatic rings. The number of rotatable bonds is 3. The van der Waals surface area contributed by atoms with Crippen LogP contribution in [-0.2, 0) is 11.3 Å². The molecule has 0 aliphatic rings. The van der Waals surface area contributed by atoms with Gasteiger partial charge in [-0.15, -0.1) is 0 Å². The van der Waals surface area contributed by atoms with Gasteiger partial charge in [0.1, 0.15) is 11.3 Å². The van der Waals surface area contributed by atoms with E-state index in [1.807, 2.05) is 13.8 Å². The summed E-state index contributed by atoms with van der Waals surface area (Å²) in [4.78, 5) is 14.7. The van der Waals surface area contributed by atoms with Crippen LogP contribution in [0.1, 0.15) is 13.8 Å². The van der Waals surface area contributed by atoms with Crippen molar-refractivity contribution in [1.29, 1.82) is 0 Å². The van der Waals surface area contributed by atoms with E-state index in [0.717, 1.165) is 0 Å². The van der Waals surface area contributed by atoms with Gasteiger partial charge in [0, 0.05) is 13.6 Å². The van der Waals surface area contributed by atoms with Gasteiger partial charge in [0.05, 0.1) is 10.9 Å². The van der Waals surface area contributed by atoms with Gasteiger partial charge in [-0.2, -0.15) is 0 Å². The standard InChI is InChI=1S/C13H16FN3OS/c1-13(2,11(18)15-3)7-17-9-6-4-5-8(14)10(9)16-12(17)19/h4-6H,7H2,1-3H3,(H,15,18)(H,16,19). The van der Waals surface area contributed by atoms with E-state index in [-0.39, 0.29) is 11.7 Å². The molecule has 0 atom stereocenters. The molecule has 6 heteroatoms. The van der Waals surface area contributed by atoms with Gasteiger partial charge in [-0.3, -0.25) is 4.79 Å². The van der Waals surface area contributed by atoms with Crippen LogP contribution in [0.3, 0.4) is 0 Å². The minimum atomic E-state index is -0.631. The third kappa shape index (κ3) is 2.40. The van der Waals surface area contributed by atoms with E-state index in [9.17, 15) is 9.18 Å². The summed E-state index contributed by atoms with van der Waals surface area (Å²) in [6.07, 6.45) is 0. The molecular weight excluding hydrogens is 265 g/mol. The normalized spacial score (nSPS) is 11.8. The summed E-state index contributed by atoms with van der Waals surface area (Å²) in [5.74, 6) is -0.430. The molecule has 1 heterocycles. The average molecular weight is 281 g/mol. The molecule has 0 radical (unpaired) electrons. The van der Waals surface area contributed by atoms with Crippen molar-refractivity contribution in [3.8, 4) is 0 Å². The lowest BCUT2D eigenvalue weighted by Gasteiger charge is -2.23. The van der Waals surface area contributed by atoms with E-state index in [2.05, 4.69) is 10.3 Å². The van der Waals surface area contributed by atoms with Crippen molar-refractivity contribution >= 4 is 29.2 Å². The van der Waals surface area contributed by atoms with Crippen LogP contribution < -0.4 is 5.32 Å². The lowest BCUT2D eigenvalue weighted by atomic mass is 9.92. The molecule has 4 nitrogen and oxygen atoms in total. The van der Waals surface area contributed by atoms with Gasteiger partial charge >= 0.3 is 0 Å². The molecule has 1 aromatic carbocycles. The number of imidazole rings is 1. The Morgan fingerprint density at radius 1 is 1.53 bits per heavy atom. The lowest BCUT2D eigenvalue weighted by molar-refractivity contribution is -0.129. The maximum atomic E-state index is 13.7. The fourth-order valence-corrected chi connectivity index (χ4v) is 2.37. The van der Waals surface area contributed by atoms with Crippen LogP contribution in [0, 0.1) is 16.0 Å². The molecule has 0 spiro atoms. The second-order valence-corrected chi connectivity index (χ2v) is 5.50. The summed E-state index contributed by atoms with van der Waals surface area (Å²) >= 11 is 5.21. The van der Waals surface area contributed by atoms with Gasteiger partial charge in [0.25, 0.3) is 0 Å². The summed E-state index contributed by atoms with van der Waals surface area (Å²) in [7, 11) is 1.60. The molecular formula is C13H16FN3OS. The topological polar surface area (TPSA) is 49.8 Å². The molecule has 102 valence electrons. The van der Waals surface area contributed by atoms with E-state index in [1.54, 1.807) is 23.7 Å². The molecule has 0 unspecified atom stereocenters. The van der Waals surface area contributed by atoms with Crippen LogP contribution in [0.4, 0.5) is 4.39 Å². The number of hydrogen-bond donors (Lipinski definition) is 2. The SMILES string of the molecule is CNC(=O)C(C)(C)Cn1c(=S)[nH]c2c(F)cccc21. The Labute approximate surface area is 115 Å². The van der Waals surface area contributed by atoms with Crippen LogP contribution >= 0.6 is 12.2 Å². The summed E-state index contributed by atoms with van der Waals surface area (Å²) in [6, 6.07) is 4.79. The largest absolute Gasteiger partial charge is 0.359 e. The summed E-state index contributed by atoms with van der Waals surface area (Å²) in [6.45, 7) is 4.03. The number of nitrogens with one attached hydrogen (secondary N) is 2. The maximum absolute atomic E-state index is 13.7. The summed E-state index contributed by atoms with van der Waals surface area (Å²) < 4.78 is 15.8. The highest BCUT2D eigenvalue weighted by atomic mass is 32.1. The maximum Gasteiger partial charge on any atom is 0.227 e. The first-order valence-corrected chi connectivity index (χ1v) is 6.37. The minimum Gasteiger partial charge on any atom is -0.359 e. The van der Waals surface area contributed by atoms with Crippen LogP contribution in [0.15, 0.2) is 18.2 Å². The van der Waals surface area contributed by atoms with Crippen LogP contribution in [0.5, 0.6) is 0 Å². The van der Waals surface area contributed by atoms with E-state index >= 15 is 0 Å². The molecule has 0 aliphatic carbocycles. The number of fused-ring (bicyclic) bond motifs is 1. The van der Waals surface area contributed by atoms with Crippen LogP contribution in [0.2, 0.25) is 0 Å². The van der Waals surface area contributed by atoms with Crippen molar-refractivity contribution in [3.63, 3.8) is 0 Å². The van der Waals surface area contributed by atoms with Crippen molar-refractivity contribution in [2.45, 2.75) is 20.4 Å². The molecule has 1 amide bonds. The highest BCUT2D eigenvalue weighted by Crippen LogP contribution is 2.23. The summed E-state index contributed by atoms with van der Waals surface area (Å²) in [5, 5.41) is 2.63. The zero-order valence-electron chi connectivity index (χ0n) is 11.1. The van der Waals surface area contributed by atoms with Crippen LogP contribution in [-0.4, -0.2) is 22.5 Å². The highest BCUT2D eigenvalue weighted by Gasteiger charge is 2.28. The lowest BCUT2D eigenvalue weighted by Crippen LogP contribution is -2.37. The highest BCUT2D eigenvalue weighted by molar-refractivity contribution is 7.71. The molecule has 0 saturated heterocycles. The van der Waals surface area contributed by atoms with Crippen molar-refractivity contribution in [1.82, 2.24) is 14.9 Å². The van der Waals surface area contributed by atoms with E-state index in [0.29, 0.717) is 22.3 Å². The number of benzene rings is 1. The molecule has 0 bridgehead atoms. The number of aromatic nitrogens is 2. The molecule has 2 N–H and O–H groups in total. The van der Waals surface area contributed by atoms with E-state index in [1.165, 1.54) is 6.07 Å². The van der Waals surface area contributed by atoms with Gasteiger partial charge < -0.3 is 14.9 Å². The third-order valence-corrected chi connectivity index (χ3v) is 3.48. The first-order valence-electron chi connectivity index (χ1n) is 5.96. The van der Waals surface area contributed by atoms with Gasteiger partial charge in [0.15, 0.2) is 4.77 Å². The molecule has 19 heavy (non-hydrogen) atoms. The fourth-order valence-electron chi connectivity index (χ4n) is 2.11. The first-order chi connectivity index (χ1) is 8.86. The second kappa shape index (κ2) is 4.77. The number of aromatic amines is 1. The quantitative estimate of drug-likeness (QED) is 0.850. The van der Waals surface area contributed by atoms with Crippen molar-refractivity contribution < 1.29 is 9.18 Å². The third-order valence-electron chi connectivity index (χ3n) is 3.15. The van der Waals surface area contributed by atoms with Crippen LogP contribution in [0.25, 0.3) is 11.0 Å². The zero-order valence-corrected chi connectivity index (χ0v) is 11.9. The molecule has 0 aliphatic heterocycles.